The van der Waals surface area contributed by atoms with Crippen LogP contribution >= 0.6 is 0 Å². The van der Waals surface area contributed by atoms with Gasteiger partial charge in [0.2, 0.25) is 11.8 Å². The molecule has 0 saturated carbocycles. The average molecular weight is 532 g/mol. The molecule has 2 aliphatic heterocycles. The smallest absolute Gasteiger partial charge is 0.410 e. The maximum absolute atomic E-state index is 12.9. The Morgan fingerprint density at radius 1 is 1.10 bits per heavy atom. The third-order valence-corrected chi connectivity index (χ3v) is 6.63. The van der Waals surface area contributed by atoms with Crippen LogP contribution < -0.4 is 14.8 Å². The van der Waals surface area contributed by atoms with Gasteiger partial charge in [-0.15, -0.1) is 0 Å². The number of aromatic hydroxyl groups is 1. The highest BCUT2D eigenvalue weighted by atomic mass is 16.6. The largest absolute Gasteiger partial charge is 0.508 e. The first kappa shape index (κ1) is 26.3. The van der Waals surface area contributed by atoms with Gasteiger partial charge in [0.1, 0.15) is 35.0 Å². The van der Waals surface area contributed by atoms with E-state index >= 15 is 0 Å². The first-order chi connectivity index (χ1) is 18.6. The quantitative estimate of drug-likeness (QED) is 0.416. The molecule has 3 aromatic rings. The summed E-state index contributed by atoms with van der Waals surface area (Å²) in [5, 5.41) is 12.6. The van der Waals surface area contributed by atoms with E-state index in [9.17, 15) is 14.7 Å². The normalized spacial score (nSPS) is 18.6. The van der Waals surface area contributed by atoms with Crippen LogP contribution in [0.4, 0.5) is 10.5 Å². The van der Waals surface area contributed by atoms with E-state index < -0.39 is 17.7 Å². The summed E-state index contributed by atoms with van der Waals surface area (Å²) >= 11 is 0. The van der Waals surface area contributed by atoms with Gasteiger partial charge in [0, 0.05) is 12.6 Å². The molecule has 0 radical (unpaired) electrons. The molecular formula is C30H33N3O6. The molecule has 39 heavy (non-hydrogen) atoms. The average Bonchev–Trinajstić information content (AvgIpc) is 3.39. The highest BCUT2D eigenvalue weighted by Crippen LogP contribution is 2.38. The predicted octanol–water partition coefficient (Wildman–Crippen LogP) is 5.98. The van der Waals surface area contributed by atoms with Crippen LogP contribution in [0.1, 0.15) is 57.3 Å². The number of fused-ring (bicyclic) bond motifs is 1. The molecule has 2 N–H and O–H groups in total. The summed E-state index contributed by atoms with van der Waals surface area (Å²) in [7, 11) is 0. The number of carbonyl (C=O) groups excluding carboxylic acids is 2. The van der Waals surface area contributed by atoms with Crippen molar-refractivity contribution in [3.63, 3.8) is 0 Å². The van der Waals surface area contributed by atoms with Crippen molar-refractivity contribution >= 4 is 17.7 Å². The van der Waals surface area contributed by atoms with Crippen molar-refractivity contribution in [3.05, 3.63) is 71.9 Å². The molecule has 0 bridgehead atoms. The number of ether oxygens (including phenoxy) is 3. The van der Waals surface area contributed by atoms with Gasteiger partial charge in [-0.1, -0.05) is 12.1 Å². The molecule has 2 unspecified atom stereocenters. The van der Waals surface area contributed by atoms with Gasteiger partial charge in [-0.2, -0.15) is 0 Å². The molecule has 5 rings (SSSR count). The summed E-state index contributed by atoms with van der Waals surface area (Å²) in [6, 6.07) is 15.6. The zero-order chi connectivity index (χ0) is 27.6. The van der Waals surface area contributed by atoms with Crippen molar-refractivity contribution in [2.24, 2.45) is 0 Å². The molecule has 0 spiro atoms. The molecule has 9 heteroatoms. The molecule has 1 fully saturated rings. The minimum atomic E-state index is -0.624. The summed E-state index contributed by atoms with van der Waals surface area (Å²) in [6.45, 7) is 5.90. The van der Waals surface area contributed by atoms with Crippen LogP contribution in [-0.2, 0) is 16.0 Å². The lowest BCUT2D eigenvalue weighted by molar-refractivity contribution is -0.120. The molecular weight excluding hydrogens is 498 g/mol. The van der Waals surface area contributed by atoms with Crippen LogP contribution in [0.2, 0.25) is 0 Å². The molecule has 0 aliphatic carbocycles. The Hall–Kier alpha value is -4.27. The molecule has 1 saturated heterocycles. The summed E-state index contributed by atoms with van der Waals surface area (Å²) in [5.74, 6) is 1.77. The van der Waals surface area contributed by atoms with Crippen LogP contribution in [-0.4, -0.2) is 45.2 Å². The van der Waals surface area contributed by atoms with Crippen LogP contribution in [0.5, 0.6) is 23.1 Å². The third kappa shape index (κ3) is 6.42. The molecule has 2 atom stereocenters. The van der Waals surface area contributed by atoms with Gasteiger partial charge < -0.3 is 24.6 Å². The number of aryl methyl sites for hydroxylation is 1. The number of carbonyl (C=O) groups is 2. The molecule has 2 aromatic carbocycles. The van der Waals surface area contributed by atoms with Crippen LogP contribution in [0.3, 0.4) is 0 Å². The second-order valence-corrected chi connectivity index (χ2v) is 10.8. The minimum Gasteiger partial charge on any atom is -0.508 e. The summed E-state index contributed by atoms with van der Waals surface area (Å²) in [6.07, 6.45) is 3.86. The molecule has 3 heterocycles. The van der Waals surface area contributed by atoms with Crippen molar-refractivity contribution in [2.45, 2.75) is 64.2 Å². The molecule has 1 aromatic heterocycles. The van der Waals surface area contributed by atoms with E-state index in [2.05, 4.69) is 10.3 Å². The topological polar surface area (TPSA) is 110 Å². The number of rotatable bonds is 5. The fraction of sp³-hybridized carbons (Fsp3) is 0.367. The van der Waals surface area contributed by atoms with E-state index in [1.54, 1.807) is 45.0 Å². The number of phenolic OH excluding ortho intramolecular Hbond substituents is 1. The maximum atomic E-state index is 12.9. The van der Waals surface area contributed by atoms with Crippen molar-refractivity contribution < 1.29 is 28.9 Å². The van der Waals surface area contributed by atoms with Crippen molar-refractivity contribution in [3.8, 4) is 23.1 Å². The number of hydrogen-bond acceptors (Lipinski definition) is 7. The van der Waals surface area contributed by atoms with Gasteiger partial charge in [0.25, 0.3) is 0 Å². The monoisotopic (exact) mass is 531 g/mol. The number of phenols is 1. The molecule has 204 valence electrons. The van der Waals surface area contributed by atoms with E-state index in [4.69, 9.17) is 14.2 Å². The van der Waals surface area contributed by atoms with Gasteiger partial charge in [-0.25, -0.2) is 9.78 Å². The Morgan fingerprint density at radius 3 is 2.69 bits per heavy atom. The van der Waals surface area contributed by atoms with Crippen LogP contribution in [0, 0.1) is 0 Å². The van der Waals surface area contributed by atoms with E-state index in [1.165, 1.54) is 11.1 Å². The predicted molar refractivity (Wildman–Crippen MR) is 145 cm³/mol. The second kappa shape index (κ2) is 10.8. The van der Waals surface area contributed by atoms with Crippen LogP contribution in [0.25, 0.3) is 0 Å². The zero-order valence-corrected chi connectivity index (χ0v) is 22.3. The SMILES string of the molecule is CC(C)(C)OC(=O)N1CCCC1C(=O)Nc1ccc(Oc2ccc3c(c2)CCC(c2cccc(O)c2)O3)nc1. The van der Waals surface area contributed by atoms with Crippen molar-refractivity contribution in [2.75, 3.05) is 11.9 Å². The van der Waals surface area contributed by atoms with E-state index in [0.717, 1.165) is 36.1 Å². The number of hydrogen-bond donors (Lipinski definition) is 2. The number of amides is 2. The van der Waals surface area contributed by atoms with Crippen LogP contribution in [0.15, 0.2) is 60.8 Å². The lowest BCUT2D eigenvalue weighted by Crippen LogP contribution is -2.45. The molecule has 2 amide bonds. The zero-order valence-electron chi connectivity index (χ0n) is 22.3. The Bertz CT molecular complexity index is 1350. The van der Waals surface area contributed by atoms with Crippen molar-refractivity contribution in [1.82, 2.24) is 9.88 Å². The van der Waals surface area contributed by atoms with E-state index in [0.29, 0.717) is 30.3 Å². The Balaban J connectivity index is 1.18. The Kier molecular flexibility index (Phi) is 7.32. The lowest BCUT2D eigenvalue weighted by Gasteiger charge is -2.28. The first-order valence-corrected chi connectivity index (χ1v) is 13.2. The van der Waals surface area contributed by atoms with E-state index in [1.807, 2.05) is 30.3 Å². The minimum absolute atomic E-state index is 0.110. The Labute approximate surface area is 227 Å². The highest BCUT2D eigenvalue weighted by Gasteiger charge is 2.36. The summed E-state index contributed by atoms with van der Waals surface area (Å²) in [4.78, 5) is 31.2. The van der Waals surface area contributed by atoms with Gasteiger partial charge >= 0.3 is 6.09 Å². The number of nitrogens with one attached hydrogen (secondary N) is 1. The lowest BCUT2D eigenvalue weighted by atomic mass is 9.97. The fourth-order valence-corrected chi connectivity index (χ4v) is 4.83. The van der Waals surface area contributed by atoms with Gasteiger partial charge in [0.15, 0.2) is 0 Å². The number of likely N-dealkylation sites (tertiary alicyclic amines) is 1. The number of anilines is 1. The number of benzene rings is 2. The van der Waals surface area contributed by atoms with Gasteiger partial charge in [-0.3, -0.25) is 9.69 Å². The molecule has 2 aliphatic rings. The summed E-state index contributed by atoms with van der Waals surface area (Å²) in [5.41, 5.74) is 1.88. The van der Waals surface area contributed by atoms with Crippen molar-refractivity contribution in [1.29, 1.82) is 0 Å². The number of aromatic nitrogens is 1. The maximum Gasteiger partial charge on any atom is 0.410 e. The number of nitrogens with zero attached hydrogens (tertiary/aromatic N) is 2. The van der Waals surface area contributed by atoms with Gasteiger partial charge in [0.05, 0.1) is 11.9 Å². The highest BCUT2D eigenvalue weighted by molar-refractivity contribution is 5.96. The third-order valence-electron chi connectivity index (χ3n) is 6.63. The van der Waals surface area contributed by atoms with E-state index in [-0.39, 0.29) is 17.8 Å². The van der Waals surface area contributed by atoms with Gasteiger partial charge in [-0.05, 0) is 94.0 Å². The molecule has 9 nitrogen and oxygen atoms in total. The first-order valence-electron chi connectivity index (χ1n) is 13.2. The Morgan fingerprint density at radius 2 is 1.95 bits per heavy atom. The number of pyridine rings is 1. The standard InChI is InChI=1S/C30H33N3O6/c1-30(2,3)39-29(36)33-15-5-8-24(33)28(35)32-21-10-14-27(31-18-21)37-23-11-13-26-20(17-23)9-12-25(38-26)19-6-4-7-22(34)16-19/h4,6-7,10-11,13-14,16-18,24-25,34H,5,8-9,12,15H2,1-3H3,(H,32,35). The fourth-order valence-electron chi connectivity index (χ4n) is 4.83. The second-order valence-electron chi connectivity index (χ2n) is 10.8. The summed E-state index contributed by atoms with van der Waals surface area (Å²) < 4.78 is 17.6.